The number of hydrogen-bond acceptors (Lipinski definition) is 6. The number of aliphatic hydroxyl groups is 1. The summed E-state index contributed by atoms with van der Waals surface area (Å²) in [4.78, 5) is 12.3. The smallest absolute Gasteiger partial charge is 0.164 e. The van der Waals surface area contributed by atoms with Crippen LogP contribution in [0.5, 0.6) is 0 Å². The average Bonchev–Trinajstić information content (AvgIpc) is 2.93. The van der Waals surface area contributed by atoms with Crippen LogP contribution in [0.25, 0.3) is 11.2 Å². The van der Waals surface area contributed by atoms with E-state index < -0.39 is 5.79 Å². The van der Waals surface area contributed by atoms with Gasteiger partial charge < -0.3 is 19.1 Å². The lowest BCUT2D eigenvalue weighted by Gasteiger charge is -2.17. The highest BCUT2D eigenvalue weighted by molar-refractivity contribution is 6.33. The molecule has 0 saturated carbocycles. The number of hydrogen-bond donors (Lipinski definition) is 1. The van der Waals surface area contributed by atoms with Crippen molar-refractivity contribution in [3.63, 3.8) is 0 Å². The van der Waals surface area contributed by atoms with Crippen molar-refractivity contribution in [2.45, 2.75) is 44.8 Å². The average molecular weight is 313 g/mol. The van der Waals surface area contributed by atoms with Crippen LogP contribution >= 0.6 is 11.6 Å². The maximum absolute atomic E-state index is 9.16. The minimum absolute atomic E-state index is 0.0548. The fraction of sp³-hybridized carbons (Fsp3) is 0.615. The van der Waals surface area contributed by atoms with Gasteiger partial charge in [0.1, 0.15) is 17.9 Å². The lowest BCUT2D eigenvalue weighted by molar-refractivity contribution is -0.148. The molecule has 0 amide bonds. The summed E-state index contributed by atoms with van der Waals surface area (Å²) in [6, 6.07) is 0. The summed E-state index contributed by atoms with van der Waals surface area (Å²) in [6.45, 7) is 4.31. The molecule has 21 heavy (non-hydrogen) atoms. The molecular formula is C13H17ClN4O3. The Balaban J connectivity index is 1.85. The Morgan fingerprint density at radius 3 is 2.81 bits per heavy atom. The summed E-state index contributed by atoms with van der Waals surface area (Å²) < 4.78 is 13.6. The number of halogens is 1. The Morgan fingerprint density at radius 2 is 2.05 bits per heavy atom. The van der Waals surface area contributed by atoms with Gasteiger partial charge >= 0.3 is 0 Å². The normalized spacial score (nSPS) is 24.8. The molecular weight excluding hydrogens is 296 g/mol. The van der Waals surface area contributed by atoms with Gasteiger partial charge in [-0.25, -0.2) is 15.0 Å². The highest BCUT2D eigenvalue weighted by Gasteiger charge is 2.41. The Kier molecular flexibility index (Phi) is 3.83. The van der Waals surface area contributed by atoms with Crippen LogP contribution in [0.1, 0.15) is 20.3 Å². The van der Waals surface area contributed by atoms with Gasteiger partial charge in [0.15, 0.2) is 16.6 Å². The van der Waals surface area contributed by atoms with E-state index in [9.17, 15) is 0 Å². The van der Waals surface area contributed by atoms with Crippen LogP contribution in [-0.2, 0) is 16.0 Å². The molecule has 8 heteroatoms. The van der Waals surface area contributed by atoms with Crippen molar-refractivity contribution in [1.82, 2.24) is 19.5 Å². The minimum atomic E-state index is -0.659. The Morgan fingerprint density at radius 1 is 1.29 bits per heavy atom. The third-order valence-corrected chi connectivity index (χ3v) is 3.71. The van der Waals surface area contributed by atoms with Crippen molar-refractivity contribution >= 4 is 22.8 Å². The molecule has 0 bridgehead atoms. The van der Waals surface area contributed by atoms with Crippen LogP contribution in [0.4, 0.5) is 0 Å². The number of imidazole rings is 1. The zero-order valence-electron chi connectivity index (χ0n) is 11.9. The summed E-state index contributed by atoms with van der Waals surface area (Å²) in [7, 11) is 0. The van der Waals surface area contributed by atoms with Gasteiger partial charge in [0.25, 0.3) is 0 Å². The van der Waals surface area contributed by atoms with Gasteiger partial charge in [-0.3, -0.25) is 0 Å². The van der Waals surface area contributed by atoms with E-state index in [1.807, 2.05) is 18.4 Å². The van der Waals surface area contributed by atoms with E-state index in [1.165, 1.54) is 6.33 Å². The molecule has 7 nitrogen and oxygen atoms in total. The Bertz CT molecular complexity index is 645. The van der Waals surface area contributed by atoms with Crippen LogP contribution in [0.15, 0.2) is 12.7 Å². The van der Waals surface area contributed by atoms with Crippen LogP contribution in [0.3, 0.4) is 0 Å². The van der Waals surface area contributed by atoms with Gasteiger partial charge in [0, 0.05) is 6.61 Å². The second-order valence-corrected chi connectivity index (χ2v) is 5.82. The second kappa shape index (κ2) is 5.49. The van der Waals surface area contributed by atoms with E-state index in [1.54, 1.807) is 6.33 Å². The molecule has 3 rings (SSSR count). The fourth-order valence-electron chi connectivity index (χ4n) is 2.62. The first-order valence-corrected chi connectivity index (χ1v) is 7.16. The number of aromatic nitrogens is 4. The van der Waals surface area contributed by atoms with Crippen LogP contribution in [-0.4, -0.2) is 49.2 Å². The topological polar surface area (TPSA) is 82.3 Å². The first-order chi connectivity index (χ1) is 10.00. The molecule has 0 aromatic carbocycles. The summed E-state index contributed by atoms with van der Waals surface area (Å²) in [5.74, 6) is -0.659. The molecule has 3 heterocycles. The molecule has 0 aliphatic carbocycles. The molecule has 0 spiro atoms. The highest BCUT2D eigenvalue weighted by atomic mass is 35.5. The first-order valence-electron chi connectivity index (χ1n) is 6.78. The standard InChI is InChI=1S/C13H17ClN4O3/c1-13(2)20-8(3-4-19)9(21-13)5-18-7-17-10-11(14)15-6-16-12(10)18/h6-9,19H,3-5H2,1-2H3/t8-,9+/m1/s1. The molecule has 2 aromatic heterocycles. The van der Waals surface area contributed by atoms with E-state index in [0.717, 1.165) is 0 Å². The molecule has 2 atom stereocenters. The summed E-state index contributed by atoms with van der Waals surface area (Å²) in [6.07, 6.45) is 3.24. The van der Waals surface area contributed by atoms with E-state index in [2.05, 4.69) is 15.0 Å². The molecule has 114 valence electrons. The number of ether oxygens (including phenoxy) is 2. The van der Waals surface area contributed by atoms with E-state index >= 15 is 0 Å². The monoisotopic (exact) mass is 312 g/mol. The SMILES string of the molecule is CC1(C)O[C@@H](Cn2cnc3c(Cl)ncnc32)[C@@H](CCO)O1. The van der Waals surface area contributed by atoms with Crippen LogP contribution in [0.2, 0.25) is 5.15 Å². The maximum Gasteiger partial charge on any atom is 0.164 e. The second-order valence-electron chi connectivity index (χ2n) is 5.46. The molecule has 1 fully saturated rings. The van der Waals surface area contributed by atoms with Crippen LogP contribution in [0, 0.1) is 0 Å². The molecule has 0 radical (unpaired) electrons. The van der Waals surface area contributed by atoms with Crippen LogP contribution < -0.4 is 0 Å². The Labute approximate surface area is 126 Å². The van der Waals surface area contributed by atoms with Crippen molar-refractivity contribution < 1.29 is 14.6 Å². The third-order valence-electron chi connectivity index (χ3n) is 3.43. The lowest BCUT2D eigenvalue weighted by Crippen LogP contribution is -2.28. The first kappa shape index (κ1) is 14.6. The quantitative estimate of drug-likeness (QED) is 0.859. The molecule has 1 saturated heterocycles. The van der Waals surface area contributed by atoms with Crippen molar-refractivity contribution in [3.8, 4) is 0 Å². The molecule has 0 unspecified atom stereocenters. The summed E-state index contributed by atoms with van der Waals surface area (Å²) >= 11 is 5.99. The van der Waals surface area contributed by atoms with Gasteiger partial charge in [-0.05, 0) is 20.3 Å². The van der Waals surface area contributed by atoms with Crippen molar-refractivity contribution in [2.75, 3.05) is 6.61 Å². The van der Waals surface area contributed by atoms with Gasteiger partial charge in [-0.2, -0.15) is 0 Å². The van der Waals surface area contributed by atoms with Crippen molar-refractivity contribution in [3.05, 3.63) is 17.8 Å². The largest absolute Gasteiger partial charge is 0.396 e. The zero-order valence-corrected chi connectivity index (χ0v) is 12.6. The van der Waals surface area contributed by atoms with E-state index in [4.69, 9.17) is 26.2 Å². The third kappa shape index (κ3) is 2.87. The number of aliphatic hydroxyl groups excluding tert-OH is 1. The molecule has 1 aliphatic rings. The zero-order chi connectivity index (χ0) is 15.0. The van der Waals surface area contributed by atoms with Gasteiger partial charge in [-0.1, -0.05) is 11.6 Å². The lowest BCUT2D eigenvalue weighted by atomic mass is 10.1. The van der Waals surface area contributed by atoms with E-state index in [0.29, 0.717) is 29.3 Å². The number of nitrogens with zero attached hydrogens (tertiary/aromatic N) is 4. The van der Waals surface area contributed by atoms with Gasteiger partial charge in [0.2, 0.25) is 0 Å². The minimum Gasteiger partial charge on any atom is -0.396 e. The predicted molar refractivity (Wildman–Crippen MR) is 75.9 cm³/mol. The molecule has 1 aliphatic heterocycles. The molecule has 2 aromatic rings. The molecule has 1 N–H and O–H groups in total. The Hall–Kier alpha value is -1.28. The van der Waals surface area contributed by atoms with Crippen molar-refractivity contribution in [2.24, 2.45) is 0 Å². The summed E-state index contributed by atoms with van der Waals surface area (Å²) in [5.41, 5.74) is 1.22. The summed E-state index contributed by atoms with van der Waals surface area (Å²) in [5, 5.41) is 9.48. The van der Waals surface area contributed by atoms with Gasteiger partial charge in [-0.15, -0.1) is 0 Å². The predicted octanol–water partition coefficient (Wildman–Crippen LogP) is 1.38. The number of rotatable bonds is 4. The van der Waals surface area contributed by atoms with Crippen molar-refractivity contribution in [1.29, 1.82) is 0 Å². The number of fused-ring (bicyclic) bond motifs is 1. The van der Waals surface area contributed by atoms with E-state index in [-0.39, 0.29) is 18.8 Å². The maximum atomic E-state index is 9.16. The van der Waals surface area contributed by atoms with Gasteiger partial charge in [0.05, 0.1) is 19.0 Å². The highest BCUT2D eigenvalue weighted by Crippen LogP contribution is 2.31. The fourth-order valence-corrected chi connectivity index (χ4v) is 2.79.